The number of para-hydroxylation sites is 1. The number of ether oxygens (including phenoxy) is 1. The lowest BCUT2D eigenvalue weighted by atomic mass is 10.2. The van der Waals surface area contributed by atoms with Crippen LogP contribution in [0.5, 0.6) is 5.75 Å². The predicted octanol–water partition coefficient (Wildman–Crippen LogP) is 4.11. The fraction of sp³-hybridized carbons (Fsp3) is 0.0625. The number of hydrogen-bond donors (Lipinski definition) is 0. The monoisotopic (exact) mass is 223 g/mol. The van der Waals surface area contributed by atoms with Crippen molar-refractivity contribution in [1.29, 1.82) is 0 Å². The minimum absolute atomic E-state index is 0.586. The van der Waals surface area contributed by atoms with Gasteiger partial charge in [-0.1, -0.05) is 60.7 Å². The van der Waals surface area contributed by atoms with E-state index in [1.54, 1.807) is 6.08 Å². The van der Waals surface area contributed by atoms with Gasteiger partial charge in [-0.05, 0) is 18.6 Å². The van der Waals surface area contributed by atoms with Gasteiger partial charge in [0.25, 0.3) is 0 Å². The van der Waals surface area contributed by atoms with Crippen molar-refractivity contribution in [2.45, 2.75) is 6.61 Å². The third kappa shape index (κ3) is 3.22. The molecule has 2 aromatic rings. The molecule has 0 aliphatic rings. The fourth-order valence-electron chi connectivity index (χ4n) is 1.61. The van der Waals surface area contributed by atoms with Crippen molar-refractivity contribution in [2.75, 3.05) is 0 Å². The van der Waals surface area contributed by atoms with E-state index < -0.39 is 0 Å². The minimum atomic E-state index is 0.586. The first-order chi connectivity index (χ1) is 8.40. The van der Waals surface area contributed by atoms with E-state index in [-0.39, 0.29) is 0 Å². The zero-order valence-corrected chi connectivity index (χ0v) is 9.67. The quantitative estimate of drug-likeness (QED) is 0.757. The highest BCUT2D eigenvalue weighted by molar-refractivity contribution is 5.57. The highest BCUT2D eigenvalue weighted by Gasteiger charge is 1.99. The lowest BCUT2D eigenvalue weighted by molar-refractivity contribution is 0.305. The zero-order valence-electron chi connectivity index (χ0n) is 9.67. The number of rotatable bonds is 4. The molecule has 1 heteroatoms. The molecule has 0 fully saturated rings. The normalized spacial score (nSPS) is 10.6. The van der Waals surface area contributed by atoms with Crippen LogP contribution >= 0.6 is 0 Å². The maximum Gasteiger partial charge on any atom is 0.127 e. The van der Waals surface area contributed by atoms with Crippen LogP contribution in [-0.4, -0.2) is 0 Å². The molecule has 1 radical (unpaired) electrons. The van der Waals surface area contributed by atoms with Crippen LogP contribution in [0.2, 0.25) is 0 Å². The Hall–Kier alpha value is -2.02. The third-order valence-electron chi connectivity index (χ3n) is 2.45. The van der Waals surface area contributed by atoms with Gasteiger partial charge in [-0.25, -0.2) is 0 Å². The van der Waals surface area contributed by atoms with Gasteiger partial charge < -0.3 is 4.74 Å². The third-order valence-corrected chi connectivity index (χ3v) is 2.45. The van der Waals surface area contributed by atoms with E-state index in [9.17, 15) is 0 Å². The summed E-state index contributed by atoms with van der Waals surface area (Å²) in [5.74, 6) is 0.885. The molecule has 1 nitrogen and oxygen atoms in total. The largest absolute Gasteiger partial charge is 0.488 e. The maximum absolute atomic E-state index is 5.80. The summed E-state index contributed by atoms with van der Waals surface area (Å²) in [7, 11) is 0. The summed E-state index contributed by atoms with van der Waals surface area (Å²) in [6.45, 7) is 4.29. The van der Waals surface area contributed by atoms with E-state index in [0.717, 1.165) is 11.3 Å². The van der Waals surface area contributed by atoms with Crippen molar-refractivity contribution < 1.29 is 4.74 Å². The Morgan fingerprint density at radius 3 is 2.41 bits per heavy atom. The Labute approximate surface area is 102 Å². The Balaban J connectivity index is 2.09. The van der Waals surface area contributed by atoms with Gasteiger partial charge in [0.1, 0.15) is 12.4 Å². The SMILES string of the molecule is [CH2]C=Cc1ccccc1OCc1ccccc1. The van der Waals surface area contributed by atoms with Crippen molar-refractivity contribution in [1.82, 2.24) is 0 Å². The standard InChI is InChI=1S/C16H15O/c1-2-8-15-11-6-7-12-16(15)17-13-14-9-4-3-5-10-14/h2-12H,1,13H2. The molecular weight excluding hydrogens is 208 g/mol. The van der Waals surface area contributed by atoms with Crippen LogP contribution in [0.1, 0.15) is 11.1 Å². The first-order valence-corrected chi connectivity index (χ1v) is 5.61. The summed E-state index contributed by atoms with van der Waals surface area (Å²) >= 11 is 0. The summed E-state index contributed by atoms with van der Waals surface area (Å²) < 4.78 is 5.80. The van der Waals surface area contributed by atoms with Gasteiger partial charge in [-0.15, -0.1) is 0 Å². The van der Waals surface area contributed by atoms with Gasteiger partial charge in [-0.2, -0.15) is 0 Å². The molecule has 0 aromatic heterocycles. The van der Waals surface area contributed by atoms with Gasteiger partial charge in [0.05, 0.1) is 0 Å². The first kappa shape index (κ1) is 11.5. The van der Waals surface area contributed by atoms with Crippen molar-refractivity contribution in [3.8, 4) is 5.75 Å². The molecule has 0 saturated heterocycles. The summed E-state index contributed by atoms with van der Waals surface area (Å²) in [5, 5.41) is 0. The van der Waals surface area contributed by atoms with Crippen LogP contribution in [-0.2, 0) is 6.61 Å². The first-order valence-electron chi connectivity index (χ1n) is 5.61. The second-order valence-electron chi connectivity index (χ2n) is 3.71. The molecule has 2 rings (SSSR count). The number of benzene rings is 2. The molecule has 0 unspecified atom stereocenters. The van der Waals surface area contributed by atoms with Gasteiger partial charge in [0.15, 0.2) is 0 Å². The minimum Gasteiger partial charge on any atom is -0.488 e. The van der Waals surface area contributed by atoms with Crippen LogP contribution in [0.3, 0.4) is 0 Å². The van der Waals surface area contributed by atoms with E-state index >= 15 is 0 Å². The molecule has 0 saturated carbocycles. The number of allylic oxidation sites excluding steroid dienone is 1. The summed E-state index contributed by atoms with van der Waals surface area (Å²) in [5.41, 5.74) is 2.22. The van der Waals surface area contributed by atoms with E-state index in [1.807, 2.05) is 48.5 Å². The van der Waals surface area contributed by atoms with Crippen LogP contribution in [0.15, 0.2) is 60.7 Å². The topological polar surface area (TPSA) is 9.23 Å². The summed E-state index contributed by atoms with van der Waals surface area (Å²) in [6, 6.07) is 18.1. The molecule has 0 heterocycles. The van der Waals surface area contributed by atoms with E-state index in [2.05, 4.69) is 19.1 Å². The molecule has 2 aromatic carbocycles. The maximum atomic E-state index is 5.80. The Bertz CT molecular complexity index is 486. The highest BCUT2D eigenvalue weighted by Crippen LogP contribution is 2.20. The van der Waals surface area contributed by atoms with Crippen molar-refractivity contribution in [3.63, 3.8) is 0 Å². The lowest BCUT2D eigenvalue weighted by Crippen LogP contribution is -1.96. The molecule has 0 amide bonds. The van der Waals surface area contributed by atoms with E-state index in [1.165, 1.54) is 5.56 Å². The van der Waals surface area contributed by atoms with Crippen LogP contribution < -0.4 is 4.74 Å². The van der Waals surface area contributed by atoms with Crippen molar-refractivity contribution in [3.05, 3.63) is 78.7 Å². The molecule has 17 heavy (non-hydrogen) atoms. The average molecular weight is 223 g/mol. The molecule has 0 spiro atoms. The molecular formula is C16H15O. The van der Waals surface area contributed by atoms with Crippen LogP contribution in [0.25, 0.3) is 6.08 Å². The van der Waals surface area contributed by atoms with Crippen LogP contribution in [0.4, 0.5) is 0 Å². The fourth-order valence-corrected chi connectivity index (χ4v) is 1.61. The molecule has 0 N–H and O–H groups in total. The smallest absolute Gasteiger partial charge is 0.127 e. The lowest BCUT2D eigenvalue weighted by Gasteiger charge is -2.09. The predicted molar refractivity (Wildman–Crippen MR) is 71.6 cm³/mol. The van der Waals surface area contributed by atoms with E-state index in [4.69, 9.17) is 4.74 Å². The second-order valence-corrected chi connectivity index (χ2v) is 3.71. The summed E-state index contributed by atoms with van der Waals surface area (Å²) in [6.07, 6.45) is 3.71. The summed E-state index contributed by atoms with van der Waals surface area (Å²) in [4.78, 5) is 0. The molecule has 0 atom stereocenters. The highest BCUT2D eigenvalue weighted by atomic mass is 16.5. The molecule has 0 bridgehead atoms. The van der Waals surface area contributed by atoms with E-state index in [0.29, 0.717) is 6.61 Å². The van der Waals surface area contributed by atoms with Crippen molar-refractivity contribution >= 4 is 6.08 Å². The number of hydrogen-bond acceptors (Lipinski definition) is 1. The van der Waals surface area contributed by atoms with Gasteiger partial charge in [-0.3, -0.25) is 0 Å². The van der Waals surface area contributed by atoms with Gasteiger partial charge in [0.2, 0.25) is 0 Å². The molecule has 0 aliphatic carbocycles. The zero-order chi connectivity index (χ0) is 11.9. The second kappa shape index (κ2) is 5.90. The molecule has 85 valence electrons. The Morgan fingerprint density at radius 2 is 1.65 bits per heavy atom. The van der Waals surface area contributed by atoms with Gasteiger partial charge in [0, 0.05) is 5.56 Å². The van der Waals surface area contributed by atoms with Gasteiger partial charge >= 0.3 is 0 Å². The Morgan fingerprint density at radius 1 is 0.941 bits per heavy atom. The average Bonchev–Trinajstić information content (AvgIpc) is 2.39. The van der Waals surface area contributed by atoms with Crippen LogP contribution in [0, 0.1) is 6.92 Å². The Kier molecular flexibility index (Phi) is 3.98. The molecule has 0 aliphatic heterocycles. The van der Waals surface area contributed by atoms with Crippen molar-refractivity contribution in [2.24, 2.45) is 0 Å².